The van der Waals surface area contributed by atoms with Crippen LogP contribution in [0, 0.1) is 6.92 Å². The molecular formula is C23H19NO3S. The largest absolute Gasteiger partial charge is 0.494 e. The van der Waals surface area contributed by atoms with Crippen molar-refractivity contribution >= 4 is 27.5 Å². The molecule has 0 aliphatic heterocycles. The molecule has 0 amide bonds. The van der Waals surface area contributed by atoms with E-state index in [1.54, 1.807) is 41.7 Å². The molecular weight excluding hydrogens is 370 g/mol. The van der Waals surface area contributed by atoms with Crippen molar-refractivity contribution in [3.8, 4) is 22.1 Å². The van der Waals surface area contributed by atoms with Crippen LogP contribution in [0.1, 0.15) is 22.8 Å². The van der Waals surface area contributed by atoms with Crippen molar-refractivity contribution in [3.63, 3.8) is 0 Å². The van der Waals surface area contributed by atoms with Crippen molar-refractivity contribution in [1.82, 2.24) is 4.98 Å². The molecule has 0 unspecified atom stereocenters. The van der Waals surface area contributed by atoms with Gasteiger partial charge in [0.05, 0.1) is 22.4 Å². The lowest BCUT2D eigenvalue weighted by atomic mass is 10.2. The molecule has 28 heavy (non-hydrogen) atoms. The minimum absolute atomic E-state index is 0.412. The summed E-state index contributed by atoms with van der Waals surface area (Å²) in [6.07, 6.45) is 0. The summed E-state index contributed by atoms with van der Waals surface area (Å²) < 4.78 is 12.1. The number of carbonyl (C=O) groups is 1. The van der Waals surface area contributed by atoms with E-state index in [-0.39, 0.29) is 0 Å². The van der Waals surface area contributed by atoms with Crippen LogP contribution in [0.2, 0.25) is 0 Å². The number of fused-ring (bicyclic) bond motifs is 1. The van der Waals surface area contributed by atoms with Crippen LogP contribution in [0.15, 0.2) is 66.7 Å². The van der Waals surface area contributed by atoms with E-state index in [1.807, 2.05) is 31.2 Å². The van der Waals surface area contributed by atoms with Crippen LogP contribution >= 0.6 is 11.3 Å². The topological polar surface area (TPSA) is 48.4 Å². The third-order valence-electron chi connectivity index (χ3n) is 4.24. The van der Waals surface area contributed by atoms with E-state index in [1.165, 1.54) is 10.3 Å². The zero-order valence-corrected chi connectivity index (χ0v) is 16.5. The number of aryl methyl sites for hydroxylation is 1. The van der Waals surface area contributed by atoms with Gasteiger partial charge in [0, 0.05) is 5.56 Å². The molecule has 0 aliphatic carbocycles. The molecule has 0 aliphatic rings. The summed E-state index contributed by atoms with van der Waals surface area (Å²) >= 11 is 1.65. The van der Waals surface area contributed by atoms with Crippen molar-refractivity contribution < 1.29 is 14.3 Å². The van der Waals surface area contributed by atoms with Crippen LogP contribution in [-0.2, 0) is 0 Å². The monoisotopic (exact) mass is 389 g/mol. The van der Waals surface area contributed by atoms with Gasteiger partial charge in [-0.2, -0.15) is 0 Å². The normalized spacial score (nSPS) is 10.8. The molecule has 0 N–H and O–H groups in total. The second-order valence-corrected chi connectivity index (χ2v) is 7.40. The van der Waals surface area contributed by atoms with Gasteiger partial charge in [-0.25, -0.2) is 9.78 Å². The summed E-state index contributed by atoms with van der Waals surface area (Å²) in [5.74, 6) is 0.732. The number of rotatable bonds is 5. The number of benzene rings is 3. The Morgan fingerprint density at radius 2 is 1.82 bits per heavy atom. The second-order valence-electron chi connectivity index (χ2n) is 6.36. The molecule has 5 heteroatoms. The van der Waals surface area contributed by atoms with Crippen molar-refractivity contribution in [3.05, 3.63) is 77.9 Å². The van der Waals surface area contributed by atoms with E-state index in [9.17, 15) is 4.79 Å². The number of hydrogen-bond donors (Lipinski definition) is 0. The number of esters is 1. The fourth-order valence-corrected chi connectivity index (χ4v) is 3.94. The minimum Gasteiger partial charge on any atom is -0.494 e. The van der Waals surface area contributed by atoms with Gasteiger partial charge in [0.25, 0.3) is 0 Å². The summed E-state index contributed by atoms with van der Waals surface area (Å²) in [6.45, 7) is 4.52. The maximum absolute atomic E-state index is 12.4. The van der Waals surface area contributed by atoms with Gasteiger partial charge < -0.3 is 9.47 Å². The van der Waals surface area contributed by atoms with Gasteiger partial charge in [0.2, 0.25) is 0 Å². The number of thiazole rings is 1. The van der Waals surface area contributed by atoms with Gasteiger partial charge in [-0.05, 0) is 74.0 Å². The quantitative estimate of drug-likeness (QED) is 0.315. The van der Waals surface area contributed by atoms with Crippen LogP contribution in [0.3, 0.4) is 0 Å². The fourth-order valence-electron chi connectivity index (χ4n) is 2.87. The molecule has 4 rings (SSSR count). The van der Waals surface area contributed by atoms with E-state index in [2.05, 4.69) is 24.0 Å². The number of aromatic nitrogens is 1. The summed E-state index contributed by atoms with van der Waals surface area (Å²) in [6, 6.07) is 20.6. The molecule has 0 atom stereocenters. The molecule has 0 saturated carbocycles. The number of ether oxygens (including phenoxy) is 2. The van der Waals surface area contributed by atoms with Crippen LogP contribution in [-0.4, -0.2) is 17.6 Å². The zero-order valence-electron chi connectivity index (χ0n) is 15.6. The van der Waals surface area contributed by atoms with Gasteiger partial charge in [-0.1, -0.05) is 12.1 Å². The summed E-state index contributed by atoms with van der Waals surface area (Å²) in [4.78, 5) is 17.1. The van der Waals surface area contributed by atoms with Crippen LogP contribution in [0.25, 0.3) is 20.8 Å². The first kappa shape index (κ1) is 18.2. The van der Waals surface area contributed by atoms with Crippen molar-refractivity contribution in [2.24, 2.45) is 0 Å². The molecule has 3 aromatic carbocycles. The molecule has 0 fully saturated rings. The first-order valence-electron chi connectivity index (χ1n) is 9.05. The number of nitrogens with zero attached hydrogens (tertiary/aromatic N) is 1. The average molecular weight is 389 g/mol. The maximum atomic E-state index is 12.4. The number of carbonyl (C=O) groups excluding carboxylic acids is 1. The smallest absolute Gasteiger partial charge is 0.343 e. The second kappa shape index (κ2) is 7.82. The highest BCUT2D eigenvalue weighted by Crippen LogP contribution is 2.31. The maximum Gasteiger partial charge on any atom is 0.343 e. The number of hydrogen-bond acceptors (Lipinski definition) is 5. The minimum atomic E-state index is -0.412. The molecule has 1 heterocycles. The molecule has 0 radical (unpaired) electrons. The first-order chi connectivity index (χ1) is 13.6. The SMILES string of the molecule is CCOc1cccc(C(=O)Oc2ccc(-c3nc4ccc(C)cc4s3)cc2)c1. The van der Waals surface area contributed by atoms with Crippen molar-refractivity contribution in [2.45, 2.75) is 13.8 Å². The highest BCUT2D eigenvalue weighted by atomic mass is 32.1. The Bertz CT molecular complexity index is 1130. The Morgan fingerprint density at radius 1 is 1.00 bits per heavy atom. The van der Waals surface area contributed by atoms with Gasteiger partial charge in [0.1, 0.15) is 16.5 Å². The average Bonchev–Trinajstić information content (AvgIpc) is 3.12. The van der Waals surface area contributed by atoms with E-state index < -0.39 is 5.97 Å². The third-order valence-corrected chi connectivity index (χ3v) is 5.30. The molecule has 4 nitrogen and oxygen atoms in total. The Hall–Kier alpha value is -3.18. The van der Waals surface area contributed by atoms with E-state index in [0.29, 0.717) is 23.7 Å². The highest BCUT2D eigenvalue weighted by Gasteiger charge is 2.11. The van der Waals surface area contributed by atoms with Crippen LogP contribution in [0.5, 0.6) is 11.5 Å². The van der Waals surface area contributed by atoms with Gasteiger partial charge in [0.15, 0.2) is 0 Å². The van der Waals surface area contributed by atoms with Crippen LogP contribution < -0.4 is 9.47 Å². The lowest BCUT2D eigenvalue weighted by molar-refractivity contribution is 0.0734. The van der Waals surface area contributed by atoms with Crippen molar-refractivity contribution in [2.75, 3.05) is 6.61 Å². The Balaban J connectivity index is 1.51. The van der Waals surface area contributed by atoms with Crippen molar-refractivity contribution in [1.29, 1.82) is 0 Å². The molecule has 0 bridgehead atoms. The summed E-state index contributed by atoms with van der Waals surface area (Å²) in [7, 11) is 0. The zero-order chi connectivity index (χ0) is 19.5. The van der Waals surface area contributed by atoms with E-state index >= 15 is 0 Å². The standard InChI is InChI=1S/C23H19NO3S/c1-3-26-19-6-4-5-17(14-19)23(25)27-18-10-8-16(9-11-18)22-24-20-12-7-15(2)13-21(20)28-22/h4-14H,3H2,1-2H3. The highest BCUT2D eigenvalue weighted by molar-refractivity contribution is 7.21. The van der Waals surface area contributed by atoms with Crippen LogP contribution in [0.4, 0.5) is 0 Å². The molecule has 140 valence electrons. The third kappa shape index (κ3) is 3.89. The lowest BCUT2D eigenvalue weighted by Gasteiger charge is -2.07. The molecule has 0 spiro atoms. The Labute approximate surface area is 167 Å². The lowest BCUT2D eigenvalue weighted by Crippen LogP contribution is -2.08. The molecule has 0 saturated heterocycles. The van der Waals surface area contributed by atoms with Gasteiger partial charge >= 0.3 is 5.97 Å². The Kier molecular flexibility index (Phi) is 5.08. The first-order valence-corrected chi connectivity index (χ1v) is 9.87. The van der Waals surface area contributed by atoms with Gasteiger partial charge in [-0.3, -0.25) is 0 Å². The van der Waals surface area contributed by atoms with E-state index in [0.717, 1.165) is 16.1 Å². The summed E-state index contributed by atoms with van der Waals surface area (Å²) in [5, 5.41) is 0.947. The molecule has 4 aromatic rings. The Morgan fingerprint density at radius 3 is 2.61 bits per heavy atom. The predicted molar refractivity (Wildman–Crippen MR) is 112 cm³/mol. The molecule has 1 aromatic heterocycles. The summed E-state index contributed by atoms with van der Waals surface area (Å²) in [5.41, 5.74) is 3.67. The fraction of sp³-hybridized carbons (Fsp3) is 0.130. The van der Waals surface area contributed by atoms with Gasteiger partial charge in [-0.15, -0.1) is 11.3 Å². The predicted octanol–water partition coefficient (Wildman–Crippen LogP) is 5.89. The van der Waals surface area contributed by atoms with E-state index in [4.69, 9.17) is 9.47 Å².